The largest absolute Gasteiger partial charge is 0.439 e. The Kier molecular flexibility index (Phi) is 3.15. The maximum absolute atomic E-state index is 5.73. The van der Waals surface area contributed by atoms with Gasteiger partial charge in [0.25, 0.3) is 0 Å². The highest BCUT2D eigenvalue weighted by molar-refractivity contribution is 5.76. The molecule has 0 amide bonds. The lowest BCUT2D eigenvalue weighted by atomic mass is 10.3. The second-order valence-corrected chi connectivity index (χ2v) is 4.96. The van der Waals surface area contributed by atoms with Gasteiger partial charge in [-0.3, -0.25) is 4.90 Å². The van der Waals surface area contributed by atoms with Gasteiger partial charge < -0.3 is 14.7 Å². The number of nitrogen functional groups attached to an aromatic ring is 1. The van der Waals surface area contributed by atoms with Gasteiger partial charge in [-0.05, 0) is 19.2 Å². The molecule has 0 atom stereocenters. The Labute approximate surface area is 116 Å². The number of aryl methyl sites for hydroxylation is 1. The number of benzene rings is 1. The lowest BCUT2D eigenvalue weighted by molar-refractivity contribution is 0.276. The van der Waals surface area contributed by atoms with E-state index in [1.807, 2.05) is 37.0 Å². The number of anilines is 1. The van der Waals surface area contributed by atoms with E-state index in [1.165, 1.54) is 0 Å². The molecule has 0 aliphatic carbocycles. The van der Waals surface area contributed by atoms with Gasteiger partial charge in [0, 0.05) is 31.2 Å². The first-order valence-corrected chi connectivity index (χ1v) is 6.41. The minimum absolute atomic E-state index is 0.626. The van der Waals surface area contributed by atoms with Crippen molar-refractivity contribution in [3.63, 3.8) is 0 Å². The van der Waals surface area contributed by atoms with E-state index in [0.717, 1.165) is 23.5 Å². The molecule has 104 valence electrons. The van der Waals surface area contributed by atoms with E-state index in [0.29, 0.717) is 18.1 Å². The molecule has 0 saturated carbocycles. The van der Waals surface area contributed by atoms with Gasteiger partial charge in [-0.25, -0.2) is 9.97 Å². The number of nitrogens with zero attached hydrogens (tertiary/aromatic N) is 4. The predicted molar refractivity (Wildman–Crippen MR) is 76.8 cm³/mol. The Morgan fingerprint density at radius 3 is 2.95 bits per heavy atom. The molecule has 0 unspecified atom stereocenters. The number of rotatable bonds is 4. The molecule has 6 heteroatoms. The number of oxazole rings is 1. The summed E-state index contributed by atoms with van der Waals surface area (Å²) in [5, 5.41) is 0. The van der Waals surface area contributed by atoms with Crippen LogP contribution in [0, 0.1) is 0 Å². The van der Waals surface area contributed by atoms with Crippen LogP contribution in [0.2, 0.25) is 0 Å². The second kappa shape index (κ2) is 4.97. The summed E-state index contributed by atoms with van der Waals surface area (Å²) in [5.41, 5.74) is 7.97. The fourth-order valence-electron chi connectivity index (χ4n) is 2.13. The van der Waals surface area contributed by atoms with Crippen molar-refractivity contribution in [2.45, 2.75) is 13.1 Å². The lowest BCUT2D eigenvalue weighted by Crippen LogP contribution is -2.19. The van der Waals surface area contributed by atoms with Crippen molar-refractivity contribution >= 4 is 16.8 Å². The summed E-state index contributed by atoms with van der Waals surface area (Å²) in [6.07, 6.45) is 3.73. The van der Waals surface area contributed by atoms with Gasteiger partial charge in [-0.2, -0.15) is 0 Å². The number of hydrogen-bond acceptors (Lipinski definition) is 5. The first-order chi connectivity index (χ1) is 9.61. The van der Waals surface area contributed by atoms with Crippen molar-refractivity contribution in [3.8, 4) is 0 Å². The highest BCUT2D eigenvalue weighted by atomic mass is 16.3. The van der Waals surface area contributed by atoms with Crippen LogP contribution in [0.5, 0.6) is 0 Å². The number of aromatic nitrogens is 3. The van der Waals surface area contributed by atoms with Crippen LogP contribution >= 0.6 is 0 Å². The molecule has 6 nitrogen and oxygen atoms in total. The minimum Gasteiger partial charge on any atom is -0.439 e. The highest BCUT2D eigenvalue weighted by Crippen LogP contribution is 2.19. The number of hydrogen-bond donors (Lipinski definition) is 1. The van der Waals surface area contributed by atoms with E-state index < -0.39 is 0 Å². The molecule has 0 fully saturated rings. The van der Waals surface area contributed by atoms with Crippen molar-refractivity contribution < 1.29 is 4.42 Å². The number of fused-ring (bicyclic) bond motifs is 1. The smallest absolute Gasteiger partial charge is 0.209 e. The van der Waals surface area contributed by atoms with Crippen molar-refractivity contribution in [1.29, 1.82) is 0 Å². The minimum atomic E-state index is 0.626. The van der Waals surface area contributed by atoms with Gasteiger partial charge in [0.1, 0.15) is 11.3 Å². The van der Waals surface area contributed by atoms with Crippen LogP contribution in [0.25, 0.3) is 11.1 Å². The van der Waals surface area contributed by atoms with Crippen molar-refractivity contribution in [2.24, 2.45) is 7.05 Å². The normalized spacial score (nSPS) is 11.6. The predicted octanol–water partition coefficient (Wildman–Crippen LogP) is 1.78. The molecule has 1 aromatic carbocycles. The van der Waals surface area contributed by atoms with Crippen LogP contribution in [0.4, 0.5) is 5.69 Å². The highest BCUT2D eigenvalue weighted by Gasteiger charge is 2.10. The van der Waals surface area contributed by atoms with E-state index in [4.69, 9.17) is 10.2 Å². The maximum atomic E-state index is 5.73. The summed E-state index contributed by atoms with van der Waals surface area (Å²) in [7, 11) is 4.00. The van der Waals surface area contributed by atoms with Crippen molar-refractivity contribution in [2.75, 3.05) is 12.8 Å². The first kappa shape index (κ1) is 12.7. The molecule has 0 spiro atoms. The van der Waals surface area contributed by atoms with Crippen LogP contribution in [0.1, 0.15) is 11.7 Å². The van der Waals surface area contributed by atoms with Crippen LogP contribution in [0.3, 0.4) is 0 Å². The molecular weight excluding hydrogens is 254 g/mol. The Morgan fingerprint density at radius 1 is 1.35 bits per heavy atom. The Balaban J connectivity index is 1.74. The molecule has 2 aromatic heterocycles. The average molecular weight is 271 g/mol. The zero-order valence-corrected chi connectivity index (χ0v) is 11.6. The lowest BCUT2D eigenvalue weighted by Gasteiger charge is -2.13. The third-order valence-electron chi connectivity index (χ3n) is 3.19. The molecule has 20 heavy (non-hydrogen) atoms. The molecule has 0 aliphatic heterocycles. The third-order valence-corrected chi connectivity index (χ3v) is 3.19. The zero-order valence-electron chi connectivity index (χ0n) is 11.6. The standard InChI is InChI=1S/C14H17N5O/c1-18(8-13-16-5-6-19(13)2)9-14-17-11-4-3-10(15)7-12(11)20-14/h3-7H,8-9,15H2,1-2H3. The van der Waals surface area contributed by atoms with E-state index in [1.54, 1.807) is 12.3 Å². The van der Waals surface area contributed by atoms with E-state index in [-0.39, 0.29) is 0 Å². The first-order valence-electron chi connectivity index (χ1n) is 6.41. The summed E-state index contributed by atoms with van der Waals surface area (Å²) in [5.74, 6) is 1.69. The molecular formula is C14H17N5O. The Morgan fingerprint density at radius 2 is 2.20 bits per heavy atom. The quantitative estimate of drug-likeness (QED) is 0.732. The fraction of sp³-hybridized carbons (Fsp3) is 0.286. The van der Waals surface area contributed by atoms with Gasteiger partial charge in [0.05, 0.1) is 13.1 Å². The number of nitrogens with two attached hydrogens (primary N) is 1. The second-order valence-electron chi connectivity index (χ2n) is 4.96. The summed E-state index contributed by atoms with van der Waals surface area (Å²) < 4.78 is 7.71. The topological polar surface area (TPSA) is 73.1 Å². The van der Waals surface area contributed by atoms with E-state index in [9.17, 15) is 0 Å². The Bertz CT molecular complexity index is 730. The summed E-state index contributed by atoms with van der Waals surface area (Å²) in [6, 6.07) is 5.49. The summed E-state index contributed by atoms with van der Waals surface area (Å²) >= 11 is 0. The Hall–Kier alpha value is -2.34. The van der Waals surface area contributed by atoms with Crippen LogP contribution in [0.15, 0.2) is 35.0 Å². The average Bonchev–Trinajstić information content (AvgIpc) is 2.95. The molecule has 2 heterocycles. The van der Waals surface area contributed by atoms with Gasteiger partial charge >= 0.3 is 0 Å². The molecule has 0 aliphatic rings. The van der Waals surface area contributed by atoms with Gasteiger partial charge in [-0.15, -0.1) is 0 Å². The number of imidazole rings is 1. The van der Waals surface area contributed by atoms with Gasteiger partial charge in [0.2, 0.25) is 5.89 Å². The third kappa shape index (κ3) is 2.50. The monoisotopic (exact) mass is 271 g/mol. The van der Waals surface area contributed by atoms with Crippen LogP contribution in [-0.4, -0.2) is 26.5 Å². The molecule has 3 aromatic rings. The van der Waals surface area contributed by atoms with Crippen LogP contribution < -0.4 is 5.73 Å². The van der Waals surface area contributed by atoms with E-state index >= 15 is 0 Å². The van der Waals surface area contributed by atoms with E-state index in [2.05, 4.69) is 14.9 Å². The van der Waals surface area contributed by atoms with Crippen molar-refractivity contribution in [3.05, 3.63) is 42.3 Å². The molecule has 0 bridgehead atoms. The van der Waals surface area contributed by atoms with Crippen LogP contribution in [-0.2, 0) is 20.1 Å². The van der Waals surface area contributed by atoms with Gasteiger partial charge in [-0.1, -0.05) is 0 Å². The fourth-order valence-corrected chi connectivity index (χ4v) is 2.13. The maximum Gasteiger partial charge on any atom is 0.209 e. The summed E-state index contributed by atoms with van der Waals surface area (Å²) in [4.78, 5) is 10.9. The van der Waals surface area contributed by atoms with Crippen molar-refractivity contribution in [1.82, 2.24) is 19.4 Å². The molecule has 0 radical (unpaired) electrons. The zero-order chi connectivity index (χ0) is 14.1. The van der Waals surface area contributed by atoms with Gasteiger partial charge in [0.15, 0.2) is 5.58 Å². The molecule has 2 N–H and O–H groups in total. The summed E-state index contributed by atoms with van der Waals surface area (Å²) in [6.45, 7) is 1.37. The SMILES string of the molecule is CN(Cc1nc2ccc(N)cc2o1)Cc1nccn1C. The molecule has 3 rings (SSSR count). The molecule has 0 saturated heterocycles.